The van der Waals surface area contributed by atoms with Gasteiger partial charge in [-0.3, -0.25) is 0 Å². The van der Waals surface area contributed by atoms with Crippen LogP contribution in [0.3, 0.4) is 0 Å². The standard InChI is InChI=1S/C6H4N3.3C4H9.Sn/c1-3-9-4-2-8-6(9)5-7-1;3*1-3-4-2;/h1-3,5H;3*1,3-4H2,2H3;. The summed E-state index contributed by atoms with van der Waals surface area (Å²) in [6, 6.07) is 0. The van der Waals surface area contributed by atoms with Crippen molar-refractivity contribution < 1.29 is 0 Å². The van der Waals surface area contributed by atoms with E-state index in [2.05, 4.69) is 47.5 Å². The molecule has 0 spiro atoms. The Labute approximate surface area is 139 Å². The first kappa shape index (κ1) is 17.8. The van der Waals surface area contributed by atoms with Gasteiger partial charge in [0, 0.05) is 0 Å². The Morgan fingerprint density at radius 1 is 0.909 bits per heavy atom. The van der Waals surface area contributed by atoms with Crippen LogP contribution in [0.4, 0.5) is 0 Å². The van der Waals surface area contributed by atoms with Gasteiger partial charge in [-0.05, 0) is 0 Å². The van der Waals surface area contributed by atoms with Gasteiger partial charge in [0.05, 0.1) is 0 Å². The Kier molecular flexibility index (Phi) is 7.19. The van der Waals surface area contributed by atoms with Gasteiger partial charge in [0.1, 0.15) is 0 Å². The van der Waals surface area contributed by atoms with E-state index in [1.54, 1.807) is 3.71 Å². The summed E-state index contributed by atoms with van der Waals surface area (Å²) in [4.78, 5) is 8.90. The molecule has 0 saturated heterocycles. The summed E-state index contributed by atoms with van der Waals surface area (Å²) in [6.07, 6.45) is 16.3. The molecule has 2 aromatic rings. The van der Waals surface area contributed by atoms with Crippen molar-refractivity contribution >= 4 is 27.7 Å². The summed E-state index contributed by atoms with van der Waals surface area (Å²) in [5.74, 6) is 0. The average molecular weight is 408 g/mol. The maximum absolute atomic E-state index is 4.66. The monoisotopic (exact) mass is 409 g/mol. The van der Waals surface area contributed by atoms with E-state index in [1.165, 1.54) is 51.8 Å². The molecule has 0 aliphatic carbocycles. The van der Waals surface area contributed by atoms with Crippen LogP contribution in [0.15, 0.2) is 24.8 Å². The van der Waals surface area contributed by atoms with E-state index in [4.69, 9.17) is 0 Å². The van der Waals surface area contributed by atoms with Crippen molar-refractivity contribution in [3.63, 3.8) is 0 Å². The second-order valence-electron chi connectivity index (χ2n) is 6.54. The topological polar surface area (TPSA) is 30.2 Å². The first-order valence-electron chi connectivity index (χ1n) is 9.05. The van der Waals surface area contributed by atoms with E-state index in [9.17, 15) is 0 Å². The van der Waals surface area contributed by atoms with Gasteiger partial charge < -0.3 is 0 Å². The van der Waals surface area contributed by atoms with Crippen molar-refractivity contribution in [3.8, 4) is 0 Å². The van der Waals surface area contributed by atoms with Crippen LogP contribution in [0.2, 0.25) is 13.3 Å². The predicted octanol–water partition coefficient (Wildman–Crippen LogP) is 4.79. The van der Waals surface area contributed by atoms with Crippen LogP contribution >= 0.6 is 0 Å². The first-order valence-corrected chi connectivity index (χ1v) is 16.5. The Morgan fingerprint density at radius 3 is 2.05 bits per heavy atom. The molecule has 0 N–H and O–H groups in total. The molecule has 0 fully saturated rings. The van der Waals surface area contributed by atoms with Crippen molar-refractivity contribution in [2.24, 2.45) is 0 Å². The second-order valence-corrected chi connectivity index (χ2v) is 19.6. The number of rotatable bonds is 10. The van der Waals surface area contributed by atoms with E-state index in [-0.39, 0.29) is 0 Å². The molecule has 22 heavy (non-hydrogen) atoms. The van der Waals surface area contributed by atoms with Crippen LogP contribution in [0.25, 0.3) is 5.65 Å². The first-order chi connectivity index (χ1) is 10.8. The summed E-state index contributed by atoms with van der Waals surface area (Å²) in [5.41, 5.74) is 1.03. The summed E-state index contributed by atoms with van der Waals surface area (Å²) in [6.45, 7) is 6.98. The van der Waals surface area contributed by atoms with Crippen LogP contribution in [0.1, 0.15) is 59.3 Å². The fourth-order valence-corrected chi connectivity index (χ4v) is 19.7. The fourth-order valence-electron chi connectivity index (χ4n) is 3.54. The van der Waals surface area contributed by atoms with E-state index in [0.717, 1.165) is 5.65 Å². The van der Waals surface area contributed by atoms with Crippen LogP contribution in [0, 0.1) is 0 Å². The number of aromatic nitrogens is 3. The summed E-state index contributed by atoms with van der Waals surface area (Å²) in [7, 11) is 0. The molecule has 4 heteroatoms. The Morgan fingerprint density at radius 2 is 1.50 bits per heavy atom. The quantitative estimate of drug-likeness (QED) is 0.530. The van der Waals surface area contributed by atoms with Gasteiger partial charge in [-0.15, -0.1) is 0 Å². The Bertz CT molecular complexity index is 542. The molecule has 2 rings (SSSR count). The van der Waals surface area contributed by atoms with Crippen LogP contribution < -0.4 is 3.71 Å². The number of nitrogens with zero attached hydrogens (tertiary/aromatic N) is 3. The van der Waals surface area contributed by atoms with Gasteiger partial charge in [-0.25, -0.2) is 0 Å². The molecule has 0 aromatic carbocycles. The molecule has 0 atom stereocenters. The molecular formula is C18H31N3Sn. The summed E-state index contributed by atoms with van der Waals surface area (Å²) >= 11 is -2.37. The second kappa shape index (κ2) is 8.90. The van der Waals surface area contributed by atoms with Gasteiger partial charge in [0.2, 0.25) is 0 Å². The predicted molar refractivity (Wildman–Crippen MR) is 97.5 cm³/mol. The SMILES string of the molecule is CCC[CH2][Sn]([CH2]CCC)([CH2]CCC)[c]1cnc2cnccn12. The number of hydrogen-bond acceptors (Lipinski definition) is 2. The van der Waals surface area contributed by atoms with Crippen molar-refractivity contribution in [1.82, 2.24) is 14.4 Å². The van der Waals surface area contributed by atoms with E-state index in [0.29, 0.717) is 0 Å². The molecule has 0 saturated carbocycles. The minimum atomic E-state index is -2.37. The third kappa shape index (κ3) is 4.03. The van der Waals surface area contributed by atoms with E-state index >= 15 is 0 Å². The van der Waals surface area contributed by atoms with Gasteiger partial charge in [0.25, 0.3) is 0 Å². The molecule has 3 nitrogen and oxygen atoms in total. The van der Waals surface area contributed by atoms with Crippen molar-refractivity contribution in [2.75, 3.05) is 0 Å². The third-order valence-electron chi connectivity index (χ3n) is 4.89. The van der Waals surface area contributed by atoms with Crippen molar-refractivity contribution in [3.05, 3.63) is 24.8 Å². The van der Waals surface area contributed by atoms with Crippen LogP contribution in [0.5, 0.6) is 0 Å². The van der Waals surface area contributed by atoms with Gasteiger partial charge in [-0.2, -0.15) is 0 Å². The Hall–Kier alpha value is -0.581. The normalized spacial score (nSPS) is 12.1. The zero-order valence-electron chi connectivity index (χ0n) is 14.5. The van der Waals surface area contributed by atoms with Gasteiger partial charge >= 0.3 is 139 Å². The molecule has 0 unspecified atom stereocenters. The van der Waals surface area contributed by atoms with E-state index in [1.807, 2.05) is 12.4 Å². The Balaban J connectivity index is 2.42. The summed E-state index contributed by atoms with van der Waals surface area (Å²) in [5, 5.41) is 0. The molecule has 2 heterocycles. The van der Waals surface area contributed by atoms with Crippen LogP contribution in [-0.2, 0) is 0 Å². The van der Waals surface area contributed by atoms with Crippen molar-refractivity contribution in [1.29, 1.82) is 0 Å². The molecule has 0 amide bonds. The minimum absolute atomic E-state index is 1.03. The third-order valence-corrected chi connectivity index (χ3v) is 20.3. The molecule has 0 aliphatic rings. The average Bonchev–Trinajstić information content (AvgIpc) is 2.99. The molecular weight excluding hydrogens is 377 g/mol. The van der Waals surface area contributed by atoms with E-state index < -0.39 is 18.4 Å². The van der Waals surface area contributed by atoms with Crippen molar-refractivity contribution in [2.45, 2.75) is 72.6 Å². The molecule has 122 valence electrons. The fraction of sp³-hybridized carbons (Fsp3) is 0.667. The van der Waals surface area contributed by atoms with Gasteiger partial charge in [-0.1, -0.05) is 0 Å². The maximum atomic E-state index is 4.66. The zero-order valence-corrected chi connectivity index (χ0v) is 17.4. The van der Waals surface area contributed by atoms with Gasteiger partial charge in [0.15, 0.2) is 0 Å². The number of imidazole rings is 1. The molecule has 0 bridgehead atoms. The molecule has 0 radical (unpaired) electrons. The molecule has 2 aromatic heterocycles. The number of fused-ring (bicyclic) bond motifs is 1. The summed E-state index contributed by atoms with van der Waals surface area (Å²) < 4.78 is 8.44. The number of hydrogen-bond donors (Lipinski definition) is 0. The number of unbranched alkanes of at least 4 members (excludes halogenated alkanes) is 3. The van der Waals surface area contributed by atoms with Crippen LogP contribution in [-0.4, -0.2) is 32.7 Å². The molecule has 0 aliphatic heterocycles. The zero-order chi connectivity index (χ0) is 15.8.